The molecule has 0 atom stereocenters. The van der Waals surface area contributed by atoms with E-state index < -0.39 is 7.75 Å². The molecule has 0 amide bonds. The molecular weight excluding hydrogens is 213 g/mol. The topological polar surface area (TPSA) is 47.6 Å². The molecule has 0 aromatic rings. The predicted octanol–water partition coefficient (Wildman–Crippen LogP) is 3.22. The molecule has 0 heterocycles. The van der Waals surface area contributed by atoms with Gasteiger partial charge < -0.3 is 0 Å². The molecule has 0 fully saturated rings. The molecule has 0 unspecified atom stereocenters. The lowest BCUT2D eigenvalue weighted by Crippen LogP contribution is -2.16. The van der Waals surface area contributed by atoms with Crippen LogP contribution in [0, 0.1) is 0 Å². The molecule has 0 spiro atoms. The fourth-order valence-corrected chi connectivity index (χ4v) is 3.00. The van der Waals surface area contributed by atoms with Crippen molar-refractivity contribution in [3.63, 3.8) is 0 Å². The van der Waals surface area contributed by atoms with Gasteiger partial charge in [-0.05, 0) is 39.5 Å². The van der Waals surface area contributed by atoms with E-state index in [0.29, 0.717) is 13.2 Å². The number of hydrogen-bond acceptors (Lipinski definition) is 3. The Hall–Kier alpha value is -0.310. The summed E-state index contributed by atoms with van der Waals surface area (Å²) in [6.07, 6.45) is 6.40. The molecule has 1 aliphatic carbocycles. The van der Waals surface area contributed by atoms with E-state index in [1.54, 1.807) is 0 Å². The van der Waals surface area contributed by atoms with E-state index in [0.717, 1.165) is 25.0 Å². The molecule has 1 N–H and O–H groups in total. The average Bonchev–Trinajstić information content (AvgIpc) is 2.19. The molecule has 0 aromatic carbocycles. The van der Waals surface area contributed by atoms with Crippen molar-refractivity contribution >= 4 is 7.75 Å². The summed E-state index contributed by atoms with van der Waals surface area (Å²) < 4.78 is 22.4. The second-order valence-corrected chi connectivity index (χ2v) is 5.15. The van der Waals surface area contributed by atoms with Gasteiger partial charge in [-0.25, -0.2) is 4.57 Å². The first-order valence-corrected chi connectivity index (χ1v) is 7.11. The highest BCUT2D eigenvalue weighted by Gasteiger charge is 2.24. The van der Waals surface area contributed by atoms with Crippen molar-refractivity contribution in [2.45, 2.75) is 39.5 Å². The van der Waals surface area contributed by atoms with Crippen molar-refractivity contribution in [1.29, 1.82) is 0 Å². The third kappa shape index (κ3) is 4.37. The summed E-state index contributed by atoms with van der Waals surface area (Å²) in [6, 6.07) is 0. The lowest BCUT2D eigenvalue weighted by atomic mass is 10.1. The Labute approximate surface area is 91.6 Å². The van der Waals surface area contributed by atoms with E-state index in [2.05, 4.69) is 11.2 Å². The maximum absolute atomic E-state index is 12.1. The molecule has 0 radical (unpaired) electrons. The molecule has 0 aromatic heterocycles. The van der Waals surface area contributed by atoms with Crippen molar-refractivity contribution in [2.75, 3.05) is 13.2 Å². The zero-order chi connectivity index (χ0) is 11.1. The average molecular weight is 233 g/mol. The number of hydrogen-bond donors (Lipinski definition) is 1. The Balaban J connectivity index is 2.56. The van der Waals surface area contributed by atoms with Gasteiger partial charge in [0.05, 0.1) is 13.2 Å². The molecule has 4 nitrogen and oxygen atoms in total. The van der Waals surface area contributed by atoms with Crippen LogP contribution in [0.25, 0.3) is 0 Å². The van der Waals surface area contributed by atoms with Crippen molar-refractivity contribution in [3.8, 4) is 0 Å². The summed E-state index contributed by atoms with van der Waals surface area (Å²) in [7, 11) is -3.11. The SMILES string of the molecule is CCOP(=O)(NC1=CCCCC1)OCC. The Morgan fingerprint density at radius 3 is 2.47 bits per heavy atom. The fourth-order valence-electron chi connectivity index (χ4n) is 1.56. The minimum atomic E-state index is -3.11. The van der Waals surface area contributed by atoms with Gasteiger partial charge in [0.15, 0.2) is 0 Å². The van der Waals surface area contributed by atoms with Crippen LogP contribution in [0.1, 0.15) is 39.5 Å². The van der Waals surface area contributed by atoms with Crippen LogP contribution >= 0.6 is 7.75 Å². The normalized spacial score (nSPS) is 17.3. The van der Waals surface area contributed by atoms with Crippen molar-refractivity contribution in [1.82, 2.24) is 5.09 Å². The first-order valence-electron chi connectivity index (χ1n) is 5.56. The maximum Gasteiger partial charge on any atom is 0.432 e. The number of nitrogens with one attached hydrogen (secondary N) is 1. The van der Waals surface area contributed by atoms with Crippen molar-refractivity contribution < 1.29 is 13.6 Å². The molecule has 1 aliphatic rings. The highest BCUT2D eigenvalue weighted by atomic mass is 31.2. The predicted molar refractivity (Wildman–Crippen MR) is 60.5 cm³/mol. The van der Waals surface area contributed by atoms with Gasteiger partial charge in [0.1, 0.15) is 0 Å². The molecule has 0 saturated carbocycles. The van der Waals surface area contributed by atoms with Crippen LogP contribution in [0.4, 0.5) is 0 Å². The molecule has 5 heteroatoms. The van der Waals surface area contributed by atoms with Gasteiger partial charge in [-0.1, -0.05) is 6.08 Å². The summed E-state index contributed by atoms with van der Waals surface area (Å²) in [5.41, 5.74) is 0.992. The fraction of sp³-hybridized carbons (Fsp3) is 0.800. The van der Waals surface area contributed by atoms with Crippen LogP contribution in [0.3, 0.4) is 0 Å². The summed E-state index contributed by atoms with van der Waals surface area (Å²) in [4.78, 5) is 0. The monoisotopic (exact) mass is 233 g/mol. The molecule has 15 heavy (non-hydrogen) atoms. The van der Waals surface area contributed by atoms with E-state index >= 15 is 0 Å². The lowest BCUT2D eigenvalue weighted by molar-refractivity contribution is 0.213. The highest BCUT2D eigenvalue weighted by molar-refractivity contribution is 7.51. The maximum atomic E-state index is 12.1. The summed E-state index contributed by atoms with van der Waals surface area (Å²) in [5, 5.41) is 2.91. The van der Waals surface area contributed by atoms with Crippen molar-refractivity contribution in [2.24, 2.45) is 0 Å². The first kappa shape index (κ1) is 12.8. The van der Waals surface area contributed by atoms with E-state index in [-0.39, 0.29) is 0 Å². The summed E-state index contributed by atoms with van der Waals surface area (Å²) >= 11 is 0. The van der Waals surface area contributed by atoms with Gasteiger partial charge in [-0.3, -0.25) is 14.1 Å². The molecule has 0 aliphatic heterocycles. The second-order valence-electron chi connectivity index (χ2n) is 3.42. The van der Waals surface area contributed by atoms with Gasteiger partial charge in [0.25, 0.3) is 0 Å². The van der Waals surface area contributed by atoms with Crippen LogP contribution in [-0.2, 0) is 13.6 Å². The lowest BCUT2D eigenvalue weighted by Gasteiger charge is -2.22. The standard InChI is InChI=1S/C10H20NO3P/c1-3-13-15(12,14-4-2)11-10-8-6-5-7-9-10/h8H,3-7,9H2,1-2H3,(H,11,12). The Morgan fingerprint density at radius 1 is 1.33 bits per heavy atom. The molecule has 0 saturated heterocycles. The van der Waals surface area contributed by atoms with Gasteiger partial charge in [-0.2, -0.15) is 0 Å². The number of rotatable bonds is 6. The van der Waals surface area contributed by atoms with Crippen LogP contribution in [-0.4, -0.2) is 13.2 Å². The largest absolute Gasteiger partial charge is 0.432 e. The van der Waals surface area contributed by atoms with E-state index in [4.69, 9.17) is 9.05 Å². The van der Waals surface area contributed by atoms with Gasteiger partial charge in [-0.15, -0.1) is 0 Å². The third-order valence-corrected chi connectivity index (χ3v) is 3.93. The van der Waals surface area contributed by atoms with Crippen LogP contribution in [0.5, 0.6) is 0 Å². The number of allylic oxidation sites excluding steroid dienone is 2. The van der Waals surface area contributed by atoms with Gasteiger partial charge in [0.2, 0.25) is 0 Å². The molecular formula is C10H20NO3P. The zero-order valence-corrected chi connectivity index (χ0v) is 10.4. The Kier molecular flexibility index (Phi) is 5.37. The third-order valence-electron chi connectivity index (χ3n) is 2.17. The highest BCUT2D eigenvalue weighted by Crippen LogP contribution is 2.45. The molecule has 0 bridgehead atoms. The quantitative estimate of drug-likeness (QED) is 0.715. The van der Waals surface area contributed by atoms with E-state index in [1.807, 2.05) is 13.8 Å². The zero-order valence-electron chi connectivity index (χ0n) is 9.49. The first-order chi connectivity index (χ1) is 7.20. The van der Waals surface area contributed by atoms with Gasteiger partial charge >= 0.3 is 7.75 Å². The molecule has 1 rings (SSSR count). The van der Waals surface area contributed by atoms with E-state index in [9.17, 15) is 4.57 Å². The Bertz CT molecular complexity index is 255. The van der Waals surface area contributed by atoms with Gasteiger partial charge in [0, 0.05) is 5.70 Å². The van der Waals surface area contributed by atoms with Crippen LogP contribution in [0.2, 0.25) is 0 Å². The minimum absolute atomic E-state index is 0.386. The summed E-state index contributed by atoms with van der Waals surface area (Å²) in [5.74, 6) is 0. The smallest absolute Gasteiger partial charge is 0.297 e. The van der Waals surface area contributed by atoms with E-state index in [1.165, 1.54) is 6.42 Å². The van der Waals surface area contributed by atoms with Crippen LogP contribution < -0.4 is 5.09 Å². The van der Waals surface area contributed by atoms with Crippen molar-refractivity contribution in [3.05, 3.63) is 11.8 Å². The summed E-state index contributed by atoms with van der Waals surface area (Å²) in [6.45, 7) is 4.39. The second kappa shape index (κ2) is 6.31. The Morgan fingerprint density at radius 2 is 2.00 bits per heavy atom. The minimum Gasteiger partial charge on any atom is -0.297 e. The molecule has 88 valence electrons. The van der Waals surface area contributed by atoms with Crippen LogP contribution in [0.15, 0.2) is 11.8 Å².